The molecule has 1 aliphatic rings. The van der Waals surface area contributed by atoms with Crippen LogP contribution in [0.5, 0.6) is 11.5 Å². The van der Waals surface area contributed by atoms with Crippen LogP contribution >= 0.6 is 0 Å². The van der Waals surface area contributed by atoms with Crippen LogP contribution in [0.15, 0.2) is 39.7 Å². The van der Waals surface area contributed by atoms with Crippen molar-refractivity contribution in [3.8, 4) is 22.6 Å². The van der Waals surface area contributed by atoms with E-state index in [9.17, 15) is 13.2 Å². The van der Waals surface area contributed by atoms with Crippen LogP contribution in [0.3, 0.4) is 0 Å². The van der Waals surface area contributed by atoms with Crippen molar-refractivity contribution >= 4 is 21.0 Å². The first-order valence-electron chi connectivity index (χ1n) is 10.7. The van der Waals surface area contributed by atoms with Crippen LogP contribution in [0, 0.1) is 0 Å². The quantitative estimate of drug-likeness (QED) is 0.540. The summed E-state index contributed by atoms with van der Waals surface area (Å²) in [5.74, 6) is 1.86. The largest absolute Gasteiger partial charge is 0.493 e. The van der Waals surface area contributed by atoms with Crippen LogP contribution in [-0.4, -0.2) is 68.3 Å². The predicted octanol–water partition coefficient (Wildman–Crippen LogP) is 2.28. The fraction of sp³-hybridized carbons (Fsp3) is 0.435. The lowest BCUT2D eigenvalue weighted by molar-refractivity contribution is 0.115. The molecular formula is C23H29N3O6S. The van der Waals surface area contributed by atoms with Gasteiger partial charge in [-0.05, 0) is 30.7 Å². The van der Waals surface area contributed by atoms with Gasteiger partial charge >= 0.3 is 0 Å². The number of aromatic nitrogens is 1. The Morgan fingerprint density at radius 3 is 2.48 bits per heavy atom. The van der Waals surface area contributed by atoms with E-state index >= 15 is 0 Å². The maximum atomic E-state index is 12.8. The number of piperazine rings is 1. The fourth-order valence-corrected chi connectivity index (χ4v) is 5.19. The first-order valence-corrected chi connectivity index (χ1v) is 12.5. The van der Waals surface area contributed by atoms with E-state index in [1.54, 1.807) is 38.1 Å². The molecule has 0 N–H and O–H groups in total. The molecule has 10 heteroatoms. The number of rotatable bonds is 6. The minimum Gasteiger partial charge on any atom is -0.493 e. The second-order valence-electron chi connectivity index (χ2n) is 8.42. The Labute approximate surface area is 193 Å². The zero-order valence-corrected chi connectivity index (χ0v) is 20.3. The highest BCUT2D eigenvalue weighted by atomic mass is 32.2. The van der Waals surface area contributed by atoms with E-state index in [0.29, 0.717) is 54.4 Å². The number of pyridine rings is 1. The Morgan fingerprint density at radius 2 is 1.85 bits per heavy atom. The van der Waals surface area contributed by atoms with Gasteiger partial charge in [-0.1, -0.05) is 6.07 Å². The smallest absolute Gasteiger partial charge is 0.261 e. The molecule has 178 valence electrons. The molecular weight excluding hydrogens is 446 g/mol. The third kappa shape index (κ3) is 4.50. The molecule has 9 nitrogen and oxygen atoms in total. The number of methoxy groups -OCH3 is 2. The van der Waals surface area contributed by atoms with Gasteiger partial charge in [-0.15, -0.1) is 0 Å². The van der Waals surface area contributed by atoms with Crippen molar-refractivity contribution in [1.82, 2.24) is 13.8 Å². The minimum atomic E-state index is -3.21. The van der Waals surface area contributed by atoms with Crippen LogP contribution in [-0.2, 0) is 23.6 Å². The highest BCUT2D eigenvalue weighted by Crippen LogP contribution is 2.35. The zero-order valence-electron chi connectivity index (χ0n) is 19.5. The molecule has 1 aromatic carbocycles. The molecule has 1 aliphatic heterocycles. The molecule has 0 amide bonds. The van der Waals surface area contributed by atoms with Gasteiger partial charge in [0.25, 0.3) is 5.56 Å². The van der Waals surface area contributed by atoms with Crippen molar-refractivity contribution in [2.75, 3.05) is 40.1 Å². The molecule has 2 aromatic heterocycles. The normalized spacial score (nSPS) is 18.0. The standard InChI is InChI=1S/C23H29N3O6S/c1-15-12-26(33(5,28)29)9-8-25(15)13-17-11-18-22(32-17)19(14-24(2)23(18)27)16-6-7-20(30-3)21(10-16)31-4/h6-7,10-11,14-15H,8-9,12-13H2,1-5H3/t15-/m1/s1. The number of benzene rings is 1. The summed E-state index contributed by atoms with van der Waals surface area (Å²) in [5, 5.41) is 0.502. The molecule has 1 fully saturated rings. The van der Waals surface area contributed by atoms with E-state index in [4.69, 9.17) is 13.9 Å². The number of fused-ring (bicyclic) bond motifs is 1. The van der Waals surface area contributed by atoms with Crippen LogP contribution in [0.4, 0.5) is 0 Å². The minimum absolute atomic E-state index is 0.0230. The molecule has 0 aliphatic carbocycles. The summed E-state index contributed by atoms with van der Waals surface area (Å²) in [6, 6.07) is 7.38. The molecule has 1 saturated heterocycles. The first kappa shape index (κ1) is 23.3. The summed E-state index contributed by atoms with van der Waals surface area (Å²) in [6.45, 7) is 3.93. The molecule has 0 bridgehead atoms. The van der Waals surface area contributed by atoms with Gasteiger partial charge in [-0.3, -0.25) is 9.69 Å². The van der Waals surface area contributed by atoms with Crippen LogP contribution in [0.2, 0.25) is 0 Å². The third-order valence-electron chi connectivity index (χ3n) is 6.15. The van der Waals surface area contributed by atoms with Gasteiger partial charge in [0.15, 0.2) is 11.5 Å². The van der Waals surface area contributed by atoms with Gasteiger partial charge in [0.1, 0.15) is 11.3 Å². The van der Waals surface area contributed by atoms with Gasteiger partial charge in [0.05, 0.1) is 32.4 Å². The number of hydrogen-bond donors (Lipinski definition) is 0. The van der Waals surface area contributed by atoms with Gasteiger partial charge in [-0.25, -0.2) is 8.42 Å². The third-order valence-corrected chi connectivity index (χ3v) is 7.42. The monoisotopic (exact) mass is 475 g/mol. The van der Waals surface area contributed by atoms with Gasteiger partial charge in [-0.2, -0.15) is 4.31 Å². The van der Waals surface area contributed by atoms with E-state index in [-0.39, 0.29) is 11.6 Å². The number of aryl methyl sites for hydroxylation is 1. The van der Waals surface area contributed by atoms with Crippen molar-refractivity contribution < 1.29 is 22.3 Å². The van der Waals surface area contributed by atoms with E-state index in [1.165, 1.54) is 10.6 Å². The van der Waals surface area contributed by atoms with Crippen molar-refractivity contribution in [1.29, 1.82) is 0 Å². The van der Waals surface area contributed by atoms with Crippen molar-refractivity contribution in [2.24, 2.45) is 7.05 Å². The van der Waals surface area contributed by atoms with Crippen LogP contribution in [0.1, 0.15) is 12.7 Å². The molecule has 0 radical (unpaired) electrons. The lowest BCUT2D eigenvalue weighted by Crippen LogP contribution is -2.52. The maximum Gasteiger partial charge on any atom is 0.261 e. The number of furan rings is 1. The van der Waals surface area contributed by atoms with E-state index < -0.39 is 10.0 Å². The molecule has 0 saturated carbocycles. The van der Waals surface area contributed by atoms with Gasteiger partial charge in [0, 0.05) is 44.5 Å². The zero-order chi connectivity index (χ0) is 23.9. The van der Waals surface area contributed by atoms with E-state index in [0.717, 1.165) is 11.1 Å². The topological polar surface area (TPSA) is 94.2 Å². The second kappa shape index (κ2) is 8.85. The first-order chi connectivity index (χ1) is 15.6. The Balaban J connectivity index is 1.70. The second-order valence-corrected chi connectivity index (χ2v) is 10.4. The van der Waals surface area contributed by atoms with Crippen molar-refractivity contribution in [2.45, 2.75) is 19.5 Å². The summed E-state index contributed by atoms with van der Waals surface area (Å²) in [4.78, 5) is 15.0. The number of hydrogen-bond acceptors (Lipinski definition) is 7. The predicted molar refractivity (Wildman–Crippen MR) is 126 cm³/mol. The summed E-state index contributed by atoms with van der Waals surface area (Å²) < 4.78 is 43.8. The van der Waals surface area contributed by atoms with Gasteiger partial charge < -0.3 is 18.5 Å². The summed E-state index contributed by atoms with van der Waals surface area (Å²) in [6.07, 6.45) is 2.99. The van der Waals surface area contributed by atoms with Crippen LogP contribution in [0.25, 0.3) is 22.1 Å². The van der Waals surface area contributed by atoms with E-state index in [2.05, 4.69) is 4.90 Å². The number of sulfonamides is 1. The Hall–Kier alpha value is -2.82. The summed E-state index contributed by atoms with van der Waals surface area (Å²) in [7, 11) is 1.66. The molecule has 0 unspecified atom stereocenters. The molecule has 3 heterocycles. The van der Waals surface area contributed by atoms with Crippen molar-refractivity contribution in [3.63, 3.8) is 0 Å². The lowest BCUT2D eigenvalue weighted by atomic mass is 10.1. The van der Waals surface area contributed by atoms with E-state index in [1.807, 2.05) is 25.1 Å². The lowest BCUT2D eigenvalue weighted by Gasteiger charge is -2.38. The highest BCUT2D eigenvalue weighted by molar-refractivity contribution is 7.88. The Kier molecular flexibility index (Phi) is 6.26. The number of ether oxygens (including phenoxy) is 2. The van der Waals surface area contributed by atoms with Crippen LogP contribution < -0.4 is 15.0 Å². The Morgan fingerprint density at radius 1 is 1.12 bits per heavy atom. The molecule has 1 atom stereocenters. The maximum absolute atomic E-state index is 12.8. The van der Waals surface area contributed by atoms with Crippen molar-refractivity contribution in [3.05, 3.63) is 46.6 Å². The fourth-order valence-electron chi connectivity index (χ4n) is 4.29. The molecule has 4 rings (SSSR count). The molecule has 3 aromatic rings. The average Bonchev–Trinajstić information content (AvgIpc) is 3.20. The summed E-state index contributed by atoms with van der Waals surface area (Å²) in [5.41, 5.74) is 1.99. The molecule has 33 heavy (non-hydrogen) atoms. The summed E-state index contributed by atoms with van der Waals surface area (Å²) >= 11 is 0. The van der Waals surface area contributed by atoms with Gasteiger partial charge in [0.2, 0.25) is 10.0 Å². The Bertz CT molecular complexity index is 1340. The molecule has 0 spiro atoms. The highest BCUT2D eigenvalue weighted by Gasteiger charge is 2.29. The average molecular weight is 476 g/mol. The SMILES string of the molecule is COc1ccc(-c2cn(C)c(=O)c3cc(CN4CCN(S(C)(=O)=O)C[C@H]4C)oc23)cc1OC. The number of nitrogens with zero attached hydrogens (tertiary/aromatic N) is 3.